The molecule has 0 amide bonds. The molecule has 2 nitrogen and oxygen atoms in total. The van der Waals surface area contributed by atoms with Gasteiger partial charge in [-0.15, -0.1) is 17.0 Å². The van der Waals surface area contributed by atoms with E-state index in [1.54, 1.807) is 0 Å². The van der Waals surface area contributed by atoms with Crippen LogP contribution >= 0.6 is 28.7 Å². The SMILES string of the molecule is Br.CSC1=NCCCN1C1CCCCC1. The van der Waals surface area contributed by atoms with E-state index < -0.39 is 0 Å². The van der Waals surface area contributed by atoms with Gasteiger partial charge in [-0.05, 0) is 25.5 Å². The fraction of sp³-hybridized carbons (Fsp3) is 0.909. The fourth-order valence-corrected chi connectivity index (χ4v) is 3.21. The molecule has 88 valence electrons. The van der Waals surface area contributed by atoms with Gasteiger partial charge in [0.1, 0.15) is 0 Å². The molecule has 0 aromatic carbocycles. The molecule has 1 saturated carbocycles. The Balaban J connectivity index is 0.00000112. The minimum Gasteiger partial charge on any atom is -0.348 e. The number of amidine groups is 1. The Kier molecular flexibility index (Phi) is 6.05. The summed E-state index contributed by atoms with van der Waals surface area (Å²) in [6.45, 7) is 2.28. The molecule has 0 spiro atoms. The largest absolute Gasteiger partial charge is 0.348 e. The van der Waals surface area contributed by atoms with E-state index in [9.17, 15) is 0 Å². The van der Waals surface area contributed by atoms with E-state index >= 15 is 0 Å². The standard InChI is InChI=1S/C11H20N2S.BrH/c1-14-11-12-8-5-9-13(11)10-6-3-2-4-7-10;/h10H,2-9H2,1H3;1H. The molecular formula is C11H21BrN2S. The summed E-state index contributed by atoms with van der Waals surface area (Å²) in [7, 11) is 0. The van der Waals surface area contributed by atoms with E-state index in [2.05, 4.69) is 16.1 Å². The first-order valence-corrected chi connectivity index (χ1v) is 6.99. The number of thioether (sulfide) groups is 1. The van der Waals surface area contributed by atoms with Crippen molar-refractivity contribution in [1.29, 1.82) is 0 Å². The average molecular weight is 293 g/mol. The molecule has 1 heterocycles. The zero-order chi connectivity index (χ0) is 9.80. The highest BCUT2D eigenvalue weighted by Crippen LogP contribution is 2.26. The zero-order valence-corrected chi connectivity index (χ0v) is 12.0. The van der Waals surface area contributed by atoms with Crippen molar-refractivity contribution < 1.29 is 0 Å². The molecule has 0 unspecified atom stereocenters. The lowest BCUT2D eigenvalue weighted by molar-refractivity contribution is 0.239. The molecule has 0 N–H and O–H groups in total. The van der Waals surface area contributed by atoms with Crippen molar-refractivity contribution in [3.8, 4) is 0 Å². The third-order valence-corrected chi connectivity index (χ3v) is 3.98. The Bertz CT molecular complexity index is 215. The maximum atomic E-state index is 4.61. The second kappa shape index (κ2) is 6.79. The summed E-state index contributed by atoms with van der Waals surface area (Å²) in [5, 5.41) is 1.29. The van der Waals surface area contributed by atoms with Crippen molar-refractivity contribution in [2.75, 3.05) is 19.3 Å². The van der Waals surface area contributed by atoms with Crippen molar-refractivity contribution in [2.24, 2.45) is 4.99 Å². The number of nitrogens with zero attached hydrogens (tertiary/aromatic N) is 2. The predicted octanol–water partition coefficient (Wildman–Crippen LogP) is 3.32. The monoisotopic (exact) mass is 292 g/mol. The van der Waals surface area contributed by atoms with E-state index in [0.717, 1.165) is 12.6 Å². The van der Waals surface area contributed by atoms with Crippen LogP contribution < -0.4 is 0 Å². The minimum atomic E-state index is 0. The van der Waals surface area contributed by atoms with Gasteiger partial charge in [0.2, 0.25) is 0 Å². The smallest absolute Gasteiger partial charge is 0.159 e. The predicted molar refractivity (Wildman–Crippen MR) is 74.3 cm³/mol. The van der Waals surface area contributed by atoms with Gasteiger partial charge in [0.05, 0.1) is 0 Å². The second-order valence-corrected chi connectivity index (χ2v) is 4.98. The van der Waals surface area contributed by atoms with E-state index in [0.29, 0.717) is 0 Å². The van der Waals surface area contributed by atoms with Gasteiger partial charge in [0.25, 0.3) is 0 Å². The molecule has 0 radical (unpaired) electrons. The third kappa shape index (κ3) is 3.38. The van der Waals surface area contributed by atoms with Crippen molar-refractivity contribution in [1.82, 2.24) is 4.90 Å². The van der Waals surface area contributed by atoms with Crippen LogP contribution in [0.3, 0.4) is 0 Å². The van der Waals surface area contributed by atoms with Gasteiger partial charge in [-0.1, -0.05) is 31.0 Å². The highest BCUT2D eigenvalue weighted by Gasteiger charge is 2.24. The van der Waals surface area contributed by atoms with E-state index in [4.69, 9.17) is 0 Å². The Morgan fingerprint density at radius 3 is 2.60 bits per heavy atom. The summed E-state index contributed by atoms with van der Waals surface area (Å²) in [6, 6.07) is 0.801. The summed E-state index contributed by atoms with van der Waals surface area (Å²) in [5.74, 6) is 0. The third-order valence-electron chi connectivity index (χ3n) is 3.25. The lowest BCUT2D eigenvalue weighted by Gasteiger charge is -2.37. The summed E-state index contributed by atoms with van der Waals surface area (Å²) >= 11 is 1.82. The van der Waals surface area contributed by atoms with Crippen molar-refractivity contribution in [3.63, 3.8) is 0 Å². The lowest BCUT2D eigenvalue weighted by Crippen LogP contribution is -2.42. The van der Waals surface area contributed by atoms with Gasteiger partial charge in [-0.3, -0.25) is 4.99 Å². The van der Waals surface area contributed by atoms with Gasteiger partial charge in [-0.25, -0.2) is 0 Å². The maximum absolute atomic E-state index is 4.61. The molecule has 0 bridgehead atoms. The average Bonchev–Trinajstić information content (AvgIpc) is 2.30. The summed E-state index contributed by atoms with van der Waals surface area (Å²) in [4.78, 5) is 7.17. The number of halogens is 1. The van der Waals surface area contributed by atoms with Crippen molar-refractivity contribution >= 4 is 33.9 Å². The fourth-order valence-electron chi connectivity index (χ4n) is 2.52. The van der Waals surface area contributed by atoms with E-state index in [1.165, 1.54) is 50.2 Å². The molecule has 0 saturated heterocycles. The van der Waals surface area contributed by atoms with Gasteiger partial charge in [0, 0.05) is 19.1 Å². The molecule has 1 fully saturated rings. The first kappa shape index (κ1) is 13.4. The van der Waals surface area contributed by atoms with Crippen LogP contribution in [-0.2, 0) is 0 Å². The lowest BCUT2D eigenvalue weighted by atomic mass is 9.94. The van der Waals surface area contributed by atoms with Crippen LogP contribution in [0.2, 0.25) is 0 Å². The highest BCUT2D eigenvalue weighted by atomic mass is 79.9. The maximum Gasteiger partial charge on any atom is 0.159 e. The second-order valence-electron chi connectivity index (χ2n) is 4.21. The minimum absolute atomic E-state index is 0. The molecule has 2 aliphatic rings. The van der Waals surface area contributed by atoms with E-state index in [-0.39, 0.29) is 17.0 Å². The molecule has 1 aliphatic heterocycles. The van der Waals surface area contributed by atoms with Gasteiger partial charge >= 0.3 is 0 Å². The van der Waals surface area contributed by atoms with Gasteiger partial charge < -0.3 is 4.90 Å². The zero-order valence-electron chi connectivity index (χ0n) is 9.45. The van der Waals surface area contributed by atoms with Crippen LogP contribution in [0.4, 0.5) is 0 Å². The topological polar surface area (TPSA) is 15.6 Å². The van der Waals surface area contributed by atoms with Crippen molar-refractivity contribution in [3.05, 3.63) is 0 Å². The number of hydrogen-bond acceptors (Lipinski definition) is 3. The summed E-state index contributed by atoms with van der Waals surface area (Å²) < 4.78 is 0. The van der Waals surface area contributed by atoms with Crippen LogP contribution in [0, 0.1) is 0 Å². The molecule has 4 heteroatoms. The molecule has 0 aromatic rings. The Morgan fingerprint density at radius 1 is 1.20 bits per heavy atom. The summed E-state index contributed by atoms with van der Waals surface area (Å²) in [6.07, 6.45) is 10.5. The molecule has 0 aromatic heterocycles. The highest BCUT2D eigenvalue weighted by molar-refractivity contribution is 8.93. The molecule has 0 atom stereocenters. The van der Waals surface area contributed by atoms with Crippen LogP contribution in [0.15, 0.2) is 4.99 Å². The van der Waals surface area contributed by atoms with Crippen LogP contribution in [0.25, 0.3) is 0 Å². The normalized spacial score (nSPS) is 23.3. The van der Waals surface area contributed by atoms with E-state index in [1.807, 2.05) is 11.8 Å². The molecular weight excluding hydrogens is 272 g/mol. The quantitative estimate of drug-likeness (QED) is 0.737. The van der Waals surface area contributed by atoms with Crippen LogP contribution in [0.5, 0.6) is 0 Å². The number of rotatable bonds is 1. The Labute approximate surface area is 108 Å². The van der Waals surface area contributed by atoms with Crippen LogP contribution in [-0.4, -0.2) is 35.5 Å². The molecule has 2 rings (SSSR count). The number of aliphatic imine (C=N–C) groups is 1. The molecule has 1 aliphatic carbocycles. The van der Waals surface area contributed by atoms with Gasteiger partial charge in [0.15, 0.2) is 5.17 Å². The first-order chi connectivity index (χ1) is 6.92. The molecule has 15 heavy (non-hydrogen) atoms. The Morgan fingerprint density at radius 2 is 1.93 bits per heavy atom. The van der Waals surface area contributed by atoms with Crippen molar-refractivity contribution in [2.45, 2.75) is 44.6 Å². The first-order valence-electron chi connectivity index (χ1n) is 5.77. The van der Waals surface area contributed by atoms with Crippen LogP contribution in [0.1, 0.15) is 38.5 Å². The van der Waals surface area contributed by atoms with Gasteiger partial charge in [-0.2, -0.15) is 0 Å². The summed E-state index contributed by atoms with van der Waals surface area (Å²) in [5.41, 5.74) is 0. The number of hydrogen-bond donors (Lipinski definition) is 0. The Hall–Kier alpha value is 0.300.